The van der Waals surface area contributed by atoms with Crippen molar-refractivity contribution in [3.63, 3.8) is 0 Å². The topological polar surface area (TPSA) is 96.4 Å². The van der Waals surface area contributed by atoms with Gasteiger partial charge in [-0.1, -0.05) is 6.92 Å². The average Bonchev–Trinajstić information content (AvgIpc) is 2.86. The molecule has 2 aliphatic rings. The van der Waals surface area contributed by atoms with E-state index in [1.54, 1.807) is 6.92 Å². The Labute approximate surface area is 107 Å². The molecule has 3 rings (SSSR count). The first-order valence-corrected chi connectivity index (χ1v) is 5.85. The molecule has 4 atom stereocenters. The van der Waals surface area contributed by atoms with Crippen molar-refractivity contribution in [3.8, 4) is 0 Å². The largest absolute Gasteiger partial charge is 0.463 e. The predicted molar refractivity (Wildman–Crippen MR) is 60.4 cm³/mol. The number of aromatic nitrogens is 2. The summed E-state index contributed by atoms with van der Waals surface area (Å²) in [6.45, 7) is 1.91. The first kappa shape index (κ1) is 12.1. The van der Waals surface area contributed by atoms with Gasteiger partial charge in [0, 0.05) is 5.92 Å². The van der Waals surface area contributed by atoms with Gasteiger partial charge < -0.3 is 15.2 Å². The van der Waals surface area contributed by atoms with Gasteiger partial charge in [0.05, 0.1) is 12.1 Å². The van der Waals surface area contributed by atoms with E-state index in [4.69, 9.17) is 15.2 Å². The molecule has 102 valence electrons. The molecule has 0 amide bonds. The summed E-state index contributed by atoms with van der Waals surface area (Å²) in [6, 6.07) is 0. The summed E-state index contributed by atoms with van der Waals surface area (Å²) in [7, 11) is 0. The van der Waals surface area contributed by atoms with Crippen LogP contribution in [0.3, 0.4) is 0 Å². The number of fused-ring (bicyclic) bond motifs is 1. The number of nitrogens with two attached hydrogens (primary N) is 1. The minimum atomic E-state index is -0.796. The predicted octanol–water partition coefficient (Wildman–Crippen LogP) is -0.329. The fraction of sp³-hybridized carbons (Fsp3) is 0.545. The molecular weight excluding hydrogens is 257 g/mol. The van der Waals surface area contributed by atoms with E-state index in [2.05, 4.69) is 4.98 Å². The van der Waals surface area contributed by atoms with Crippen molar-refractivity contribution in [3.05, 3.63) is 22.5 Å². The van der Waals surface area contributed by atoms with Crippen LogP contribution in [0.2, 0.25) is 0 Å². The molecule has 0 bridgehead atoms. The van der Waals surface area contributed by atoms with Crippen LogP contribution in [-0.4, -0.2) is 28.2 Å². The summed E-state index contributed by atoms with van der Waals surface area (Å²) in [6.07, 6.45) is -0.184. The van der Waals surface area contributed by atoms with Gasteiger partial charge in [0.2, 0.25) is 0 Å². The lowest BCUT2D eigenvalue weighted by Gasteiger charge is -2.19. The van der Waals surface area contributed by atoms with Crippen LogP contribution < -0.4 is 11.4 Å². The van der Waals surface area contributed by atoms with Crippen molar-refractivity contribution in [2.75, 3.05) is 12.3 Å². The molecule has 7 nitrogen and oxygen atoms in total. The molecule has 0 saturated carbocycles. The lowest BCUT2D eigenvalue weighted by atomic mass is 9.93. The second-order valence-electron chi connectivity index (χ2n) is 4.74. The maximum absolute atomic E-state index is 13.4. The highest BCUT2D eigenvalue weighted by Gasteiger charge is 2.52. The van der Waals surface area contributed by atoms with E-state index < -0.39 is 35.6 Å². The Morgan fingerprint density at radius 2 is 2.26 bits per heavy atom. The van der Waals surface area contributed by atoms with Gasteiger partial charge in [-0.3, -0.25) is 9.36 Å². The Balaban J connectivity index is 1.98. The molecule has 1 aromatic heterocycles. The number of hydrogen-bond donors (Lipinski definition) is 1. The highest BCUT2D eigenvalue weighted by molar-refractivity contribution is 5.76. The zero-order valence-electron chi connectivity index (χ0n) is 10.1. The average molecular weight is 269 g/mol. The van der Waals surface area contributed by atoms with Crippen LogP contribution in [0.4, 0.5) is 10.2 Å². The number of nitrogens with zero attached hydrogens (tertiary/aromatic N) is 2. The summed E-state index contributed by atoms with van der Waals surface area (Å²) in [5.74, 6) is -2.33. The number of halogens is 1. The van der Waals surface area contributed by atoms with Gasteiger partial charge in [0.15, 0.2) is 11.6 Å². The number of ether oxygens (including phenoxy) is 2. The number of anilines is 1. The van der Waals surface area contributed by atoms with E-state index in [9.17, 15) is 14.0 Å². The van der Waals surface area contributed by atoms with Crippen LogP contribution in [-0.2, 0) is 14.3 Å². The standard InChI is InChI=1S/C11H12FN3O4/c1-4-7-6(3-18-10(7)16)19-9(4)15-2-5(12)8(13)14-11(15)17/h2,4,6-7,9H,3H2,1H3,(H2,13,14,17)/t4-,6?,7?,9?/m1/s1. The van der Waals surface area contributed by atoms with Crippen molar-refractivity contribution in [2.24, 2.45) is 11.8 Å². The number of cyclic esters (lactones) is 1. The SMILES string of the molecule is C[C@@H]1C2C(=O)OCC2OC1n1cc(F)c(N)nc1=O. The molecule has 19 heavy (non-hydrogen) atoms. The van der Waals surface area contributed by atoms with E-state index >= 15 is 0 Å². The Bertz CT molecular complexity index is 602. The molecule has 3 unspecified atom stereocenters. The van der Waals surface area contributed by atoms with Gasteiger partial charge in [0.25, 0.3) is 0 Å². The van der Waals surface area contributed by atoms with Gasteiger partial charge >= 0.3 is 11.7 Å². The smallest absolute Gasteiger partial charge is 0.351 e. The van der Waals surface area contributed by atoms with Crippen molar-refractivity contribution in [2.45, 2.75) is 19.3 Å². The molecular formula is C11H12FN3O4. The zero-order valence-corrected chi connectivity index (χ0v) is 10.1. The monoisotopic (exact) mass is 269 g/mol. The molecule has 1 aromatic rings. The van der Waals surface area contributed by atoms with Gasteiger partial charge in [-0.05, 0) is 0 Å². The van der Waals surface area contributed by atoms with Gasteiger partial charge in [-0.2, -0.15) is 4.98 Å². The van der Waals surface area contributed by atoms with Crippen LogP contribution in [0.5, 0.6) is 0 Å². The fourth-order valence-corrected chi connectivity index (χ4v) is 2.63. The van der Waals surface area contributed by atoms with Crippen molar-refractivity contribution >= 4 is 11.8 Å². The number of esters is 1. The minimum absolute atomic E-state index is 0.157. The summed E-state index contributed by atoms with van der Waals surface area (Å²) < 4.78 is 24.9. The second kappa shape index (κ2) is 4.02. The number of rotatable bonds is 1. The summed E-state index contributed by atoms with van der Waals surface area (Å²) >= 11 is 0. The third-order valence-corrected chi connectivity index (χ3v) is 3.60. The Hall–Kier alpha value is -1.96. The van der Waals surface area contributed by atoms with Crippen molar-refractivity contribution < 1.29 is 18.7 Å². The quantitative estimate of drug-likeness (QED) is 0.701. The van der Waals surface area contributed by atoms with Gasteiger partial charge in [-0.15, -0.1) is 0 Å². The first-order valence-electron chi connectivity index (χ1n) is 5.85. The number of nitrogen functional groups attached to an aromatic ring is 1. The van der Waals surface area contributed by atoms with Gasteiger partial charge in [-0.25, -0.2) is 9.18 Å². The third-order valence-electron chi connectivity index (χ3n) is 3.60. The Morgan fingerprint density at radius 3 is 2.95 bits per heavy atom. The Kier molecular flexibility index (Phi) is 2.56. The number of carbonyl (C=O) groups excluding carboxylic acids is 1. The highest BCUT2D eigenvalue weighted by atomic mass is 19.1. The summed E-state index contributed by atoms with van der Waals surface area (Å²) in [5.41, 5.74) is 4.52. The maximum atomic E-state index is 13.4. The van der Waals surface area contributed by atoms with Crippen LogP contribution in [0.1, 0.15) is 13.2 Å². The molecule has 2 fully saturated rings. The van der Waals surface area contributed by atoms with E-state index in [-0.39, 0.29) is 18.5 Å². The molecule has 0 spiro atoms. The van der Waals surface area contributed by atoms with E-state index in [0.717, 1.165) is 10.8 Å². The lowest BCUT2D eigenvalue weighted by Crippen LogP contribution is -2.32. The van der Waals surface area contributed by atoms with Crippen LogP contribution >= 0.6 is 0 Å². The third kappa shape index (κ3) is 1.71. The lowest BCUT2D eigenvalue weighted by molar-refractivity contribution is -0.143. The first-order chi connectivity index (χ1) is 8.99. The van der Waals surface area contributed by atoms with E-state index in [1.165, 1.54) is 0 Å². The van der Waals surface area contributed by atoms with Crippen molar-refractivity contribution in [1.29, 1.82) is 0 Å². The van der Waals surface area contributed by atoms with Crippen LogP contribution in [0, 0.1) is 17.7 Å². The maximum Gasteiger partial charge on any atom is 0.351 e. The highest BCUT2D eigenvalue weighted by Crippen LogP contribution is 2.42. The summed E-state index contributed by atoms with van der Waals surface area (Å²) in [4.78, 5) is 26.7. The van der Waals surface area contributed by atoms with Crippen LogP contribution in [0.25, 0.3) is 0 Å². The molecule has 2 N–H and O–H groups in total. The van der Waals surface area contributed by atoms with E-state index in [0.29, 0.717) is 0 Å². The van der Waals surface area contributed by atoms with Crippen molar-refractivity contribution in [1.82, 2.24) is 9.55 Å². The fourth-order valence-electron chi connectivity index (χ4n) is 2.63. The molecule has 3 heterocycles. The normalized spacial score (nSPS) is 33.3. The second-order valence-corrected chi connectivity index (χ2v) is 4.74. The minimum Gasteiger partial charge on any atom is -0.463 e. The molecule has 0 aromatic carbocycles. The van der Waals surface area contributed by atoms with E-state index in [1.807, 2.05) is 0 Å². The Morgan fingerprint density at radius 1 is 1.53 bits per heavy atom. The number of carbonyl (C=O) groups is 1. The molecule has 2 saturated heterocycles. The van der Waals surface area contributed by atoms with Crippen LogP contribution in [0.15, 0.2) is 11.0 Å². The molecule has 8 heteroatoms. The molecule has 0 radical (unpaired) electrons. The number of hydrogen-bond acceptors (Lipinski definition) is 6. The molecule has 2 aliphatic heterocycles. The summed E-state index contributed by atoms with van der Waals surface area (Å²) in [5, 5.41) is 0. The van der Waals surface area contributed by atoms with Gasteiger partial charge in [0.1, 0.15) is 18.9 Å². The molecule has 0 aliphatic carbocycles. The zero-order chi connectivity index (χ0) is 13.7.